The standard InChI is InChI=1S/C22H29N3O3/c1-15-16(2)23-18-9-7-8-17(20(15)18)21(26)25-12-13-28-19(14-25)22(27)24-10-5-3-4-6-11-24/h7-9,19,23H,3-6,10-14H2,1-2H3/t19-/m0/s1. The second-order valence-corrected chi connectivity index (χ2v) is 7.95. The van der Waals surface area contributed by atoms with Crippen molar-refractivity contribution in [1.82, 2.24) is 14.8 Å². The third-order valence-electron chi connectivity index (χ3n) is 6.10. The van der Waals surface area contributed by atoms with Gasteiger partial charge in [0.2, 0.25) is 0 Å². The lowest BCUT2D eigenvalue weighted by atomic mass is 10.0. The number of benzene rings is 1. The normalized spacial score (nSPS) is 21.0. The number of carbonyl (C=O) groups is 2. The Kier molecular flexibility index (Phi) is 5.40. The Bertz CT molecular complexity index is 881. The lowest BCUT2D eigenvalue weighted by Gasteiger charge is -2.35. The van der Waals surface area contributed by atoms with Crippen LogP contribution in [0.5, 0.6) is 0 Å². The van der Waals surface area contributed by atoms with Gasteiger partial charge >= 0.3 is 0 Å². The molecule has 0 bridgehead atoms. The Labute approximate surface area is 165 Å². The number of amides is 2. The number of nitrogens with one attached hydrogen (secondary N) is 1. The molecule has 0 spiro atoms. The van der Waals surface area contributed by atoms with Gasteiger partial charge < -0.3 is 19.5 Å². The van der Waals surface area contributed by atoms with Gasteiger partial charge in [0, 0.05) is 41.8 Å². The molecule has 2 fully saturated rings. The number of aromatic nitrogens is 1. The van der Waals surface area contributed by atoms with Gasteiger partial charge in [0.1, 0.15) is 0 Å². The summed E-state index contributed by atoms with van der Waals surface area (Å²) in [6.07, 6.45) is 3.91. The molecule has 6 nitrogen and oxygen atoms in total. The molecule has 1 aromatic carbocycles. The van der Waals surface area contributed by atoms with Crippen molar-refractivity contribution in [2.24, 2.45) is 0 Å². The number of likely N-dealkylation sites (tertiary alicyclic amines) is 1. The maximum Gasteiger partial charge on any atom is 0.254 e. The van der Waals surface area contributed by atoms with E-state index >= 15 is 0 Å². The van der Waals surface area contributed by atoms with E-state index in [1.165, 1.54) is 12.8 Å². The third-order valence-corrected chi connectivity index (χ3v) is 6.10. The highest BCUT2D eigenvalue weighted by Gasteiger charge is 2.33. The predicted molar refractivity (Wildman–Crippen MR) is 108 cm³/mol. The van der Waals surface area contributed by atoms with Crippen LogP contribution in [0.2, 0.25) is 0 Å². The average molecular weight is 383 g/mol. The fraction of sp³-hybridized carbons (Fsp3) is 0.545. The Balaban J connectivity index is 1.53. The lowest BCUT2D eigenvalue weighted by Crippen LogP contribution is -2.52. The Hall–Kier alpha value is -2.34. The van der Waals surface area contributed by atoms with Gasteiger partial charge in [-0.05, 0) is 44.4 Å². The second-order valence-electron chi connectivity index (χ2n) is 7.95. The first kappa shape index (κ1) is 19.0. The summed E-state index contributed by atoms with van der Waals surface area (Å²) < 4.78 is 5.77. The predicted octanol–water partition coefficient (Wildman–Crippen LogP) is 3.03. The van der Waals surface area contributed by atoms with Crippen LogP contribution in [0.15, 0.2) is 18.2 Å². The number of ether oxygens (including phenoxy) is 1. The number of morpholine rings is 1. The van der Waals surface area contributed by atoms with E-state index < -0.39 is 6.10 Å². The van der Waals surface area contributed by atoms with Crippen LogP contribution in [-0.4, -0.2) is 65.5 Å². The van der Waals surface area contributed by atoms with E-state index in [-0.39, 0.29) is 11.8 Å². The summed E-state index contributed by atoms with van der Waals surface area (Å²) in [5, 5.41) is 0.979. The third kappa shape index (κ3) is 3.53. The van der Waals surface area contributed by atoms with Crippen molar-refractivity contribution >= 4 is 22.7 Å². The van der Waals surface area contributed by atoms with Crippen LogP contribution in [0.1, 0.15) is 47.3 Å². The minimum Gasteiger partial charge on any atom is -0.365 e. The highest BCUT2D eigenvalue weighted by atomic mass is 16.5. The SMILES string of the molecule is Cc1[nH]c2cccc(C(=O)N3CCO[C@H](C(=O)N4CCCCCC4)C3)c2c1C. The van der Waals surface area contributed by atoms with Gasteiger partial charge in [0.25, 0.3) is 11.8 Å². The highest BCUT2D eigenvalue weighted by molar-refractivity contribution is 6.08. The zero-order valence-electron chi connectivity index (χ0n) is 16.8. The Morgan fingerprint density at radius 1 is 1.04 bits per heavy atom. The van der Waals surface area contributed by atoms with Crippen LogP contribution in [0, 0.1) is 13.8 Å². The van der Waals surface area contributed by atoms with Gasteiger partial charge in [-0.15, -0.1) is 0 Å². The fourth-order valence-corrected chi connectivity index (χ4v) is 4.37. The topological polar surface area (TPSA) is 65.6 Å². The number of nitrogens with zero attached hydrogens (tertiary/aromatic N) is 2. The largest absolute Gasteiger partial charge is 0.365 e. The molecule has 2 aliphatic rings. The average Bonchev–Trinajstić information content (AvgIpc) is 2.91. The molecule has 28 heavy (non-hydrogen) atoms. The van der Waals surface area contributed by atoms with Gasteiger partial charge in [0.15, 0.2) is 6.10 Å². The molecule has 2 aromatic rings. The van der Waals surface area contributed by atoms with Crippen molar-refractivity contribution in [3.8, 4) is 0 Å². The zero-order valence-corrected chi connectivity index (χ0v) is 16.8. The lowest BCUT2D eigenvalue weighted by molar-refractivity contribution is -0.148. The molecule has 0 saturated carbocycles. The first-order valence-electron chi connectivity index (χ1n) is 10.3. The summed E-state index contributed by atoms with van der Waals surface area (Å²) in [4.78, 5) is 33.3. The molecule has 1 N–H and O–H groups in total. The maximum absolute atomic E-state index is 13.3. The molecule has 3 heterocycles. The maximum atomic E-state index is 13.3. The second kappa shape index (κ2) is 7.95. The molecule has 2 aliphatic heterocycles. The number of rotatable bonds is 2. The molecule has 4 rings (SSSR count). The van der Waals surface area contributed by atoms with Gasteiger partial charge in [0.05, 0.1) is 13.2 Å². The number of hydrogen-bond donors (Lipinski definition) is 1. The number of hydrogen-bond acceptors (Lipinski definition) is 3. The number of aromatic amines is 1. The number of aryl methyl sites for hydroxylation is 2. The monoisotopic (exact) mass is 383 g/mol. The van der Waals surface area contributed by atoms with E-state index in [0.29, 0.717) is 25.3 Å². The summed E-state index contributed by atoms with van der Waals surface area (Å²) in [5.41, 5.74) is 3.85. The minimum atomic E-state index is -0.552. The Morgan fingerprint density at radius 2 is 1.79 bits per heavy atom. The molecule has 1 atom stereocenters. The van der Waals surface area contributed by atoms with E-state index in [0.717, 1.165) is 48.1 Å². The molecule has 150 valence electrons. The van der Waals surface area contributed by atoms with Crippen LogP contribution in [0.25, 0.3) is 10.9 Å². The highest BCUT2D eigenvalue weighted by Crippen LogP contribution is 2.26. The fourth-order valence-electron chi connectivity index (χ4n) is 4.37. The first-order chi connectivity index (χ1) is 13.6. The van der Waals surface area contributed by atoms with E-state index in [1.54, 1.807) is 4.90 Å². The minimum absolute atomic E-state index is 0.0235. The van der Waals surface area contributed by atoms with Crippen LogP contribution < -0.4 is 0 Å². The summed E-state index contributed by atoms with van der Waals surface area (Å²) in [6, 6.07) is 5.79. The van der Waals surface area contributed by atoms with E-state index in [4.69, 9.17) is 4.74 Å². The van der Waals surface area contributed by atoms with Gasteiger partial charge in [-0.1, -0.05) is 18.9 Å². The van der Waals surface area contributed by atoms with E-state index in [2.05, 4.69) is 4.98 Å². The molecule has 2 saturated heterocycles. The summed E-state index contributed by atoms with van der Waals surface area (Å²) in [7, 11) is 0. The van der Waals surface area contributed by atoms with Gasteiger partial charge in [-0.2, -0.15) is 0 Å². The van der Waals surface area contributed by atoms with Crippen molar-refractivity contribution in [2.45, 2.75) is 45.6 Å². The van der Waals surface area contributed by atoms with E-state index in [1.807, 2.05) is 36.9 Å². The van der Waals surface area contributed by atoms with Crippen LogP contribution >= 0.6 is 0 Å². The van der Waals surface area contributed by atoms with Crippen LogP contribution in [0.3, 0.4) is 0 Å². The smallest absolute Gasteiger partial charge is 0.254 e. The van der Waals surface area contributed by atoms with Crippen LogP contribution in [0.4, 0.5) is 0 Å². The molecular formula is C22H29N3O3. The summed E-state index contributed by atoms with van der Waals surface area (Å²) >= 11 is 0. The van der Waals surface area contributed by atoms with Gasteiger partial charge in [-0.3, -0.25) is 9.59 Å². The van der Waals surface area contributed by atoms with Crippen molar-refractivity contribution in [3.63, 3.8) is 0 Å². The Morgan fingerprint density at radius 3 is 2.54 bits per heavy atom. The van der Waals surface area contributed by atoms with Crippen molar-refractivity contribution in [1.29, 1.82) is 0 Å². The van der Waals surface area contributed by atoms with E-state index in [9.17, 15) is 9.59 Å². The summed E-state index contributed by atoms with van der Waals surface area (Å²) in [6.45, 7) is 6.90. The molecule has 2 amide bonds. The number of H-pyrrole nitrogens is 1. The van der Waals surface area contributed by atoms with Crippen molar-refractivity contribution in [3.05, 3.63) is 35.0 Å². The van der Waals surface area contributed by atoms with Crippen molar-refractivity contribution in [2.75, 3.05) is 32.8 Å². The summed E-state index contributed by atoms with van der Waals surface area (Å²) in [5.74, 6) is 0.0101. The quantitative estimate of drug-likeness (QED) is 0.867. The molecule has 0 aliphatic carbocycles. The van der Waals surface area contributed by atoms with Crippen molar-refractivity contribution < 1.29 is 14.3 Å². The molecule has 1 aromatic heterocycles. The molecular weight excluding hydrogens is 354 g/mol. The number of carbonyl (C=O) groups excluding carboxylic acids is 2. The molecule has 0 radical (unpaired) electrons. The molecule has 0 unspecified atom stereocenters. The molecule has 6 heteroatoms. The zero-order chi connectivity index (χ0) is 19.7. The van der Waals surface area contributed by atoms with Gasteiger partial charge in [-0.25, -0.2) is 0 Å². The number of fused-ring (bicyclic) bond motifs is 1. The van der Waals surface area contributed by atoms with Crippen LogP contribution in [-0.2, 0) is 9.53 Å². The first-order valence-corrected chi connectivity index (χ1v) is 10.3.